The van der Waals surface area contributed by atoms with Crippen molar-refractivity contribution in [3.8, 4) is 5.69 Å². The first-order valence-electron chi connectivity index (χ1n) is 25.3. The molecule has 73 heavy (non-hydrogen) atoms. The summed E-state index contributed by atoms with van der Waals surface area (Å²) in [6.45, 7) is 4.85. The molecule has 0 atom stereocenters. The molecule has 0 unspecified atom stereocenters. The SMILES string of the molecule is CC1(C)c2ccccc2N(c2cc3c4ccccc4c(N4c5ccccc5[Se]c5ccccc54)cc3c3ccccc23)c2cc3c(cc21)c1c2ccc4c5ccccc5ccc4c2ccc1n3-c1ccccc1. The van der Waals surface area contributed by atoms with Crippen LogP contribution in [0.4, 0.5) is 34.1 Å². The number of aromatic nitrogens is 1. The monoisotopic (exact) mass is 995 g/mol. The van der Waals surface area contributed by atoms with E-state index in [9.17, 15) is 0 Å². The van der Waals surface area contributed by atoms with Gasteiger partial charge in [0.15, 0.2) is 0 Å². The summed E-state index contributed by atoms with van der Waals surface area (Å²) in [6.07, 6.45) is 0. The van der Waals surface area contributed by atoms with Crippen LogP contribution in [0.15, 0.2) is 237 Å². The molecule has 1 aromatic heterocycles. The standard InChI is InChI=1S/C69H45N3Se/c1-69(2)56-26-12-13-27-58(56)71(62-39-53-46-23-9-11-25-51(46)63(40-54(53)45-22-8-10-24-50(45)62)72-59-28-14-16-30-66(59)73-67-31-17-15-29-60(67)72)65-41-64-55(38-57(65)69)68-52-35-34-47-44-21-7-6-18-42(44)32-33-48(47)49(52)36-37-61(68)70(64)43-19-4-3-5-20-43/h3-41H,1-2H3. The molecule has 342 valence electrons. The van der Waals surface area contributed by atoms with Crippen molar-refractivity contribution in [1.29, 1.82) is 0 Å². The summed E-state index contributed by atoms with van der Waals surface area (Å²) in [5, 5.41) is 17.6. The maximum atomic E-state index is 2.60. The number of benzene rings is 13. The molecule has 0 N–H and O–H groups in total. The van der Waals surface area contributed by atoms with Gasteiger partial charge in [0.25, 0.3) is 0 Å². The molecule has 2 aliphatic heterocycles. The van der Waals surface area contributed by atoms with Crippen molar-refractivity contribution in [2.24, 2.45) is 0 Å². The van der Waals surface area contributed by atoms with E-state index in [0.29, 0.717) is 0 Å². The van der Waals surface area contributed by atoms with E-state index in [1.54, 1.807) is 0 Å². The van der Waals surface area contributed by atoms with Crippen molar-refractivity contribution in [3.05, 3.63) is 248 Å². The number of fused-ring (bicyclic) bond motifs is 18. The molecule has 0 fully saturated rings. The summed E-state index contributed by atoms with van der Waals surface area (Å²) in [5.41, 5.74) is 13.2. The van der Waals surface area contributed by atoms with E-state index in [0.717, 1.165) is 5.69 Å². The van der Waals surface area contributed by atoms with E-state index in [2.05, 4.69) is 265 Å². The molecular weight excluding hydrogens is 950 g/mol. The van der Waals surface area contributed by atoms with Crippen LogP contribution in [0.2, 0.25) is 0 Å². The Labute approximate surface area is 428 Å². The van der Waals surface area contributed by atoms with Crippen molar-refractivity contribution >= 4 is 144 Å². The van der Waals surface area contributed by atoms with Gasteiger partial charge >= 0.3 is 233 Å². The Morgan fingerprint density at radius 1 is 0.301 bits per heavy atom. The third-order valence-electron chi connectivity index (χ3n) is 16.3. The Balaban J connectivity index is 0.999. The molecular formula is C69H45N3Se. The zero-order valence-corrected chi connectivity index (χ0v) is 42.0. The van der Waals surface area contributed by atoms with E-state index < -0.39 is 0 Å². The number of rotatable bonds is 3. The van der Waals surface area contributed by atoms with E-state index in [1.165, 1.54) is 141 Å². The van der Waals surface area contributed by atoms with Gasteiger partial charge in [0.2, 0.25) is 0 Å². The van der Waals surface area contributed by atoms with E-state index >= 15 is 0 Å². The van der Waals surface area contributed by atoms with Gasteiger partial charge in [-0.25, -0.2) is 0 Å². The van der Waals surface area contributed by atoms with Crippen LogP contribution in [0.25, 0.3) is 92.1 Å². The van der Waals surface area contributed by atoms with Crippen molar-refractivity contribution in [3.63, 3.8) is 0 Å². The van der Waals surface area contributed by atoms with E-state index in [-0.39, 0.29) is 20.4 Å². The van der Waals surface area contributed by atoms with Crippen LogP contribution < -0.4 is 18.7 Å². The zero-order valence-electron chi connectivity index (χ0n) is 40.3. The van der Waals surface area contributed by atoms with Crippen molar-refractivity contribution in [2.75, 3.05) is 9.80 Å². The van der Waals surface area contributed by atoms with Crippen LogP contribution in [0.1, 0.15) is 25.0 Å². The van der Waals surface area contributed by atoms with Crippen molar-refractivity contribution in [1.82, 2.24) is 4.57 Å². The number of anilines is 6. The second-order valence-electron chi connectivity index (χ2n) is 20.4. The normalized spacial score (nSPS) is 13.9. The van der Waals surface area contributed by atoms with Gasteiger partial charge in [0.1, 0.15) is 0 Å². The third kappa shape index (κ3) is 5.71. The number of hydrogen-bond acceptors (Lipinski definition) is 2. The van der Waals surface area contributed by atoms with Gasteiger partial charge in [0, 0.05) is 21.9 Å². The average Bonchev–Trinajstić information content (AvgIpc) is 3.78. The molecule has 16 rings (SSSR count). The fourth-order valence-corrected chi connectivity index (χ4v) is 15.2. The minimum atomic E-state index is -0.315. The average molecular weight is 995 g/mol. The van der Waals surface area contributed by atoms with Crippen LogP contribution in [0.3, 0.4) is 0 Å². The van der Waals surface area contributed by atoms with Crippen molar-refractivity contribution in [2.45, 2.75) is 19.3 Å². The number of hydrogen-bond donors (Lipinski definition) is 0. The predicted molar refractivity (Wildman–Crippen MR) is 312 cm³/mol. The molecule has 0 aliphatic carbocycles. The summed E-state index contributed by atoms with van der Waals surface area (Å²) < 4.78 is 5.31. The van der Waals surface area contributed by atoms with Crippen LogP contribution in [-0.4, -0.2) is 19.5 Å². The van der Waals surface area contributed by atoms with Crippen molar-refractivity contribution < 1.29 is 0 Å². The van der Waals surface area contributed by atoms with Gasteiger partial charge < -0.3 is 4.57 Å². The fraction of sp³-hybridized carbons (Fsp3) is 0.0435. The summed E-state index contributed by atoms with van der Waals surface area (Å²) in [5.74, 6) is 0. The van der Waals surface area contributed by atoms with Gasteiger partial charge in [-0.2, -0.15) is 0 Å². The quantitative estimate of drug-likeness (QED) is 0.129. The first-order valence-corrected chi connectivity index (χ1v) is 27.1. The molecule has 0 saturated carbocycles. The predicted octanol–water partition coefficient (Wildman–Crippen LogP) is 17.3. The van der Waals surface area contributed by atoms with Gasteiger partial charge in [-0.3, -0.25) is 0 Å². The van der Waals surface area contributed by atoms with Gasteiger partial charge in [-0.1, -0.05) is 105 Å². The Bertz CT molecular complexity index is 4650. The molecule has 2 aliphatic rings. The molecule has 14 aromatic rings. The van der Waals surface area contributed by atoms with Crippen LogP contribution in [0, 0.1) is 0 Å². The first-order chi connectivity index (χ1) is 36.0. The maximum absolute atomic E-state index is 2.60. The molecule has 3 nitrogen and oxygen atoms in total. The molecule has 3 heterocycles. The van der Waals surface area contributed by atoms with E-state index in [4.69, 9.17) is 0 Å². The second-order valence-corrected chi connectivity index (χ2v) is 22.7. The minimum absolute atomic E-state index is 0.215. The fourth-order valence-electron chi connectivity index (χ4n) is 13.0. The molecule has 0 bridgehead atoms. The molecule has 0 spiro atoms. The van der Waals surface area contributed by atoms with Crippen LogP contribution >= 0.6 is 0 Å². The third-order valence-corrected chi connectivity index (χ3v) is 18.6. The molecule has 0 radical (unpaired) electrons. The Morgan fingerprint density at radius 2 is 0.795 bits per heavy atom. The molecule has 13 aromatic carbocycles. The second kappa shape index (κ2) is 15.2. The number of nitrogens with zero attached hydrogens (tertiary/aromatic N) is 3. The molecule has 4 heteroatoms. The van der Waals surface area contributed by atoms with Crippen LogP contribution in [-0.2, 0) is 5.41 Å². The first kappa shape index (κ1) is 41.0. The Hall–Kier alpha value is -8.66. The topological polar surface area (TPSA) is 11.4 Å². The minimum Gasteiger partial charge on any atom is -0.309 e. The van der Waals surface area contributed by atoms with Crippen LogP contribution in [0.5, 0.6) is 0 Å². The van der Waals surface area contributed by atoms with Gasteiger partial charge in [-0.05, 0) is 56.6 Å². The van der Waals surface area contributed by atoms with Gasteiger partial charge in [-0.15, -0.1) is 0 Å². The summed E-state index contributed by atoms with van der Waals surface area (Å²) in [4.78, 5) is 5.13. The molecule has 0 amide bonds. The Morgan fingerprint density at radius 3 is 1.49 bits per heavy atom. The zero-order chi connectivity index (χ0) is 48.1. The Kier molecular flexibility index (Phi) is 8.53. The van der Waals surface area contributed by atoms with Gasteiger partial charge in [0.05, 0.1) is 11.0 Å². The smallest absolute Gasteiger partial charge is 0.309 e. The summed E-state index contributed by atoms with van der Waals surface area (Å²) >= 11 is 0.215. The van der Waals surface area contributed by atoms with E-state index in [1.807, 2.05) is 0 Å². The molecule has 0 saturated heterocycles. The summed E-state index contributed by atoms with van der Waals surface area (Å²) in [7, 11) is 0. The summed E-state index contributed by atoms with van der Waals surface area (Å²) in [6, 6.07) is 89.2. The number of para-hydroxylation sites is 4.